The van der Waals surface area contributed by atoms with E-state index < -0.39 is 74.2 Å². The minimum Gasteiger partial charge on any atom is -0.394 e. The number of unbranched alkanes of at least 4 members (excludes halogenated alkanes) is 30. The van der Waals surface area contributed by atoms with Gasteiger partial charge in [-0.15, -0.1) is 0 Å². The molecule has 1 fully saturated rings. The molecular weight excluding hydrogens is 751 g/mol. The van der Waals surface area contributed by atoms with Crippen LogP contribution in [0.4, 0.5) is 0 Å². The van der Waals surface area contributed by atoms with E-state index in [9.17, 15) is 40.5 Å². The number of carbonyl (C=O) groups is 1. The molecule has 0 saturated carbocycles. The average molecular weight is 846 g/mol. The second-order valence-corrected chi connectivity index (χ2v) is 17.9. The van der Waals surface area contributed by atoms with E-state index in [1.54, 1.807) is 0 Å². The van der Waals surface area contributed by atoms with Crippen LogP contribution in [0.2, 0.25) is 0 Å². The minimum absolute atomic E-state index is 0.266. The molecule has 0 aromatic rings. The van der Waals surface area contributed by atoms with E-state index in [0.717, 1.165) is 51.4 Å². The second-order valence-electron chi connectivity index (χ2n) is 17.9. The third-order valence-electron chi connectivity index (χ3n) is 12.4. The molecule has 8 N–H and O–H groups in total. The lowest BCUT2D eigenvalue weighted by atomic mass is 9.98. The normalized spacial score (nSPS) is 21.7. The van der Waals surface area contributed by atoms with Gasteiger partial charge in [0.1, 0.15) is 36.6 Å². The maximum Gasteiger partial charge on any atom is 0.249 e. The zero-order chi connectivity index (χ0) is 43.4. The van der Waals surface area contributed by atoms with Crippen molar-refractivity contribution in [1.82, 2.24) is 5.32 Å². The van der Waals surface area contributed by atoms with Gasteiger partial charge in [0.05, 0.1) is 25.4 Å². The molecule has 0 radical (unpaired) electrons. The molecule has 1 rings (SSSR count). The van der Waals surface area contributed by atoms with Crippen molar-refractivity contribution in [1.29, 1.82) is 0 Å². The van der Waals surface area contributed by atoms with Crippen LogP contribution < -0.4 is 5.32 Å². The van der Waals surface area contributed by atoms with Crippen LogP contribution in [0.15, 0.2) is 0 Å². The van der Waals surface area contributed by atoms with Crippen molar-refractivity contribution in [3.63, 3.8) is 0 Å². The largest absolute Gasteiger partial charge is 0.394 e. The minimum atomic E-state index is -1.65. The predicted octanol–water partition coefficient (Wildman–Crippen LogP) is 8.67. The van der Waals surface area contributed by atoms with Crippen LogP contribution in [0.25, 0.3) is 0 Å². The first-order chi connectivity index (χ1) is 28.7. The molecule has 1 aliphatic rings. The van der Waals surface area contributed by atoms with Gasteiger partial charge in [0.25, 0.3) is 0 Å². The maximum absolute atomic E-state index is 13.0. The molecule has 11 nitrogen and oxygen atoms in total. The first-order valence-electron chi connectivity index (χ1n) is 24.9. The molecule has 0 bridgehead atoms. The van der Waals surface area contributed by atoms with E-state index in [0.29, 0.717) is 19.3 Å². The first kappa shape index (κ1) is 56.1. The summed E-state index contributed by atoms with van der Waals surface area (Å²) in [5, 5.41) is 75.2. The average Bonchev–Trinajstić information content (AvgIpc) is 3.23. The van der Waals surface area contributed by atoms with Crippen LogP contribution in [-0.2, 0) is 14.3 Å². The molecular formula is C48H95NO10. The highest BCUT2D eigenvalue weighted by molar-refractivity contribution is 5.80. The molecule has 0 aromatic heterocycles. The number of nitrogens with one attached hydrogen (secondary N) is 1. The molecule has 0 aromatic carbocycles. The summed E-state index contributed by atoms with van der Waals surface area (Å²) in [5.41, 5.74) is 0. The fraction of sp³-hybridized carbons (Fsp3) is 0.979. The number of hydrogen-bond donors (Lipinski definition) is 8. The van der Waals surface area contributed by atoms with Gasteiger partial charge >= 0.3 is 0 Å². The molecule has 11 heteroatoms. The summed E-state index contributed by atoms with van der Waals surface area (Å²) < 4.78 is 11.0. The van der Waals surface area contributed by atoms with E-state index in [4.69, 9.17) is 9.47 Å². The number of amides is 1. The Hall–Kier alpha value is -0.890. The number of rotatable bonds is 42. The summed E-state index contributed by atoms with van der Waals surface area (Å²) in [7, 11) is 0. The molecule has 1 saturated heterocycles. The van der Waals surface area contributed by atoms with Gasteiger partial charge in [-0.25, -0.2) is 0 Å². The van der Waals surface area contributed by atoms with Crippen LogP contribution >= 0.6 is 0 Å². The van der Waals surface area contributed by atoms with Crippen molar-refractivity contribution >= 4 is 5.91 Å². The smallest absolute Gasteiger partial charge is 0.249 e. The van der Waals surface area contributed by atoms with Crippen LogP contribution in [0.3, 0.4) is 0 Å². The molecule has 1 aliphatic heterocycles. The Bertz CT molecular complexity index is 928. The van der Waals surface area contributed by atoms with Gasteiger partial charge in [-0.2, -0.15) is 0 Å². The Kier molecular flexibility index (Phi) is 36.9. The summed E-state index contributed by atoms with van der Waals surface area (Å²) >= 11 is 0. The van der Waals surface area contributed by atoms with Crippen LogP contribution in [0, 0.1) is 0 Å². The lowest BCUT2D eigenvalue weighted by molar-refractivity contribution is -0.303. The lowest BCUT2D eigenvalue weighted by Gasteiger charge is -2.40. The van der Waals surface area contributed by atoms with E-state index in [1.807, 2.05) is 0 Å². The van der Waals surface area contributed by atoms with Gasteiger partial charge in [-0.3, -0.25) is 4.79 Å². The summed E-state index contributed by atoms with van der Waals surface area (Å²) in [6, 6.07) is -1.16. The van der Waals surface area contributed by atoms with Gasteiger partial charge in [-0.05, 0) is 12.8 Å². The first-order valence-corrected chi connectivity index (χ1v) is 24.9. The number of aliphatic hydroxyl groups excluding tert-OH is 7. The highest BCUT2D eigenvalue weighted by Crippen LogP contribution is 2.23. The second kappa shape index (κ2) is 38.8. The van der Waals surface area contributed by atoms with Crippen LogP contribution in [-0.4, -0.2) is 110 Å². The van der Waals surface area contributed by atoms with E-state index in [-0.39, 0.29) is 6.42 Å². The fourth-order valence-electron chi connectivity index (χ4n) is 8.27. The van der Waals surface area contributed by atoms with E-state index in [1.165, 1.54) is 141 Å². The number of carbonyl (C=O) groups excluding carboxylic acids is 1. The number of ether oxygens (including phenoxy) is 2. The summed E-state index contributed by atoms with van der Waals surface area (Å²) in [4.78, 5) is 13.0. The van der Waals surface area contributed by atoms with Gasteiger partial charge in [-0.1, -0.05) is 219 Å². The zero-order valence-corrected chi connectivity index (χ0v) is 38.0. The topological polar surface area (TPSA) is 189 Å². The predicted molar refractivity (Wildman–Crippen MR) is 238 cm³/mol. The van der Waals surface area contributed by atoms with Gasteiger partial charge in [0.15, 0.2) is 6.29 Å². The SMILES string of the molecule is CCCCCCCCCCCCCCCCCCCCCCCCCCCCC(O)C(=O)NC(COC1OC(CO)C(O)C(O)C1O)C(O)C(O)CCCCCCCC. The Labute approximate surface area is 360 Å². The third-order valence-corrected chi connectivity index (χ3v) is 12.4. The van der Waals surface area contributed by atoms with Crippen molar-refractivity contribution < 1.29 is 50.0 Å². The molecule has 352 valence electrons. The monoisotopic (exact) mass is 846 g/mol. The van der Waals surface area contributed by atoms with Crippen LogP contribution in [0.1, 0.15) is 232 Å². The Balaban J connectivity index is 2.19. The summed E-state index contributed by atoms with van der Waals surface area (Å²) in [6.07, 6.45) is 29.3. The molecule has 9 unspecified atom stereocenters. The zero-order valence-electron chi connectivity index (χ0n) is 38.0. The Morgan fingerprint density at radius 3 is 1.25 bits per heavy atom. The summed E-state index contributed by atoms with van der Waals surface area (Å²) in [5.74, 6) is -0.696. The Morgan fingerprint density at radius 1 is 0.525 bits per heavy atom. The summed E-state index contributed by atoms with van der Waals surface area (Å²) in [6.45, 7) is 3.38. The standard InChI is InChI=1S/C48H95NO10/c1-3-5-7-9-11-12-13-14-15-16-17-18-19-20-21-22-23-24-25-26-27-28-29-30-32-34-36-41(52)47(57)49-39(43(53)40(51)35-33-31-10-8-6-4-2)38-58-48-46(56)45(55)44(54)42(37-50)59-48/h39-46,48,50-56H,3-38H2,1-2H3,(H,49,57). The quantitative estimate of drug-likeness (QED) is 0.0276. The van der Waals surface area contributed by atoms with Gasteiger partial charge in [0, 0.05) is 0 Å². The van der Waals surface area contributed by atoms with Crippen molar-refractivity contribution in [2.75, 3.05) is 13.2 Å². The van der Waals surface area contributed by atoms with Gasteiger partial charge in [0.2, 0.25) is 5.91 Å². The molecule has 9 atom stereocenters. The molecule has 59 heavy (non-hydrogen) atoms. The van der Waals surface area contributed by atoms with E-state index in [2.05, 4.69) is 19.2 Å². The lowest BCUT2D eigenvalue weighted by Crippen LogP contribution is -2.60. The molecule has 0 spiro atoms. The van der Waals surface area contributed by atoms with Crippen molar-refractivity contribution in [2.24, 2.45) is 0 Å². The number of aliphatic hydroxyl groups is 7. The van der Waals surface area contributed by atoms with Crippen molar-refractivity contribution in [2.45, 2.75) is 287 Å². The Morgan fingerprint density at radius 2 is 0.881 bits per heavy atom. The molecule has 0 aliphatic carbocycles. The van der Waals surface area contributed by atoms with Crippen LogP contribution in [0.5, 0.6) is 0 Å². The molecule has 1 amide bonds. The van der Waals surface area contributed by atoms with Gasteiger partial charge < -0.3 is 50.5 Å². The fourth-order valence-corrected chi connectivity index (χ4v) is 8.27. The van der Waals surface area contributed by atoms with Crippen molar-refractivity contribution in [3.8, 4) is 0 Å². The third kappa shape index (κ3) is 28.4. The highest BCUT2D eigenvalue weighted by atomic mass is 16.7. The van der Waals surface area contributed by atoms with E-state index >= 15 is 0 Å². The number of hydrogen-bond acceptors (Lipinski definition) is 10. The maximum atomic E-state index is 13.0. The highest BCUT2D eigenvalue weighted by Gasteiger charge is 2.44. The van der Waals surface area contributed by atoms with Crippen molar-refractivity contribution in [3.05, 3.63) is 0 Å². The molecule has 1 heterocycles.